The van der Waals surface area contributed by atoms with E-state index in [0.717, 1.165) is 11.7 Å². The van der Waals surface area contributed by atoms with Gasteiger partial charge in [-0.05, 0) is 43.2 Å². The lowest BCUT2D eigenvalue weighted by molar-refractivity contribution is 0.254. The molecule has 1 heterocycles. The summed E-state index contributed by atoms with van der Waals surface area (Å²) < 4.78 is 2.18. The van der Waals surface area contributed by atoms with Gasteiger partial charge in [0.05, 0.1) is 0 Å². The third-order valence-electron chi connectivity index (χ3n) is 4.20. The van der Waals surface area contributed by atoms with Crippen LogP contribution < -0.4 is 0 Å². The van der Waals surface area contributed by atoms with Crippen molar-refractivity contribution >= 4 is 11.6 Å². The van der Waals surface area contributed by atoms with E-state index in [2.05, 4.69) is 42.5 Å². The molecule has 0 bridgehead atoms. The molecule has 1 aromatic heterocycles. The fourth-order valence-corrected chi connectivity index (χ4v) is 3.46. The Morgan fingerprint density at radius 2 is 1.79 bits per heavy atom. The van der Waals surface area contributed by atoms with Crippen LogP contribution in [-0.4, -0.2) is 14.8 Å². The lowest BCUT2D eigenvalue weighted by Crippen LogP contribution is -2.25. The van der Waals surface area contributed by atoms with Gasteiger partial charge in [-0.15, -0.1) is 10.2 Å². The maximum absolute atomic E-state index is 6.27. The maximum atomic E-state index is 6.27. The molecule has 3 nitrogen and oxygen atoms in total. The first kappa shape index (κ1) is 14.8. The highest BCUT2D eigenvalue weighted by Crippen LogP contribution is 2.38. The van der Waals surface area contributed by atoms with Crippen molar-refractivity contribution in [1.29, 1.82) is 0 Å². The summed E-state index contributed by atoms with van der Waals surface area (Å²) in [5.74, 6) is 1.94. The fraction of sp³-hybridized carbons (Fsp3) is 0.867. The average Bonchev–Trinajstić information content (AvgIpc) is 2.72. The SMILES string of the molecule is CCCC1CCC(n2c(Cl)nnc2C(C)(C)C)CC1. The van der Waals surface area contributed by atoms with Crippen LogP contribution in [0.25, 0.3) is 0 Å². The van der Waals surface area contributed by atoms with Gasteiger partial charge >= 0.3 is 0 Å². The topological polar surface area (TPSA) is 30.7 Å². The monoisotopic (exact) mass is 283 g/mol. The Kier molecular flexibility index (Phi) is 4.54. The zero-order valence-corrected chi connectivity index (χ0v) is 13.4. The molecule has 0 atom stereocenters. The number of nitrogens with zero attached hydrogens (tertiary/aromatic N) is 3. The summed E-state index contributed by atoms with van der Waals surface area (Å²) in [6.45, 7) is 8.80. The molecule has 19 heavy (non-hydrogen) atoms. The van der Waals surface area contributed by atoms with Gasteiger partial charge in [0.25, 0.3) is 0 Å². The van der Waals surface area contributed by atoms with Gasteiger partial charge in [0.15, 0.2) is 0 Å². The predicted octanol–water partition coefficient (Wildman–Crippen LogP) is 4.76. The predicted molar refractivity (Wildman–Crippen MR) is 79.6 cm³/mol. The Hall–Kier alpha value is -0.570. The van der Waals surface area contributed by atoms with Crippen LogP contribution in [0.4, 0.5) is 0 Å². The van der Waals surface area contributed by atoms with Crippen molar-refractivity contribution in [3.63, 3.8) is 0 Å². The van der Waals surface area contributed by atoms with E-state index in [4.69, 9.17) is 11.6 Å². The van der Waals surface area contributed by atoms with Gasteiger partial charge in [-0.25, -0.2) is 0 Å². The van der Waals surface area contributed by atoms with Crippen LogP contribution >= 0.6 is 11.6 Å². The minimum atomic E-state index is 0.000404. The van der Waals surface area contributed by atoms with Crippen molar-refractivity contribution in [2.24, 2.45) is 5.92 Å². The van der Waals surface area contributed by atoms with E-state index in [0.29, 0.717) is 11.3 Å². The molecule has 1 fully saturated rings. The Bertz CT molecular complexity index is 412. The summed E-state index contributed by atoms with van der Waals surface area (Å²) in [4.78, 5) is 0. The van der Waals surface area contributed by atoms with Crippen molar-refractivity contribution in [3.05, 3.63) is 11.1 Å². The van der Waals surface area contributed by atoms with Gasteiger partial charge in [0, 0.05) is 11.5 Å². The van der Waals surface area contributed by atoms with Gasteiger partial charge in [0.1, 0.15) is 5.82 Å². The lowest BCUT2D eigenvalue weighted by atomic mass is 9.83. The molecule has 0 aliphatic heterocycles. The van der Waals surface area contributed by atoms with E-state index in [1.807, 2.05) is 0 Å². The zero-order chi connectivity index (χ0) is 14.0. The highest BCUT2D eigenvalue weighted by Gasteiger charge is 2.30. The van der Waals surface area contributed by atoms with Crippen LogP contribution in [0.3, 0.4) is 0 Å². The molecule has 0 amide bonds. The maximum Gasteiger partial charge on any atom is 0.225 e. The van der Waals surface area contributed by atoms with Crippen LogP contribution in [-0.2, 0) is 5.41 Å². The molecule has 1 saturated carbocycles. The van der Waals surface area contributed by atoms with Gasteiger partial charge in [0.2, 0.25) is 5.28 Å². The molecule has 108 valence electrons. The second-order valence-electron chi connectivity index (χ2n) is 6.88. The summed E-state index contributed by atoms with van der Waals surface area (Å²) in [6.07, 6.45) is 7.73. The van der Waals surface area contributed by atoms with Crippen molar-refractivity contribution in [2.75, 3.05) is 0 Å². The zero-order valence-electron chi connectivity index (χ0n) is 12.6. The third kappa shape index (κ3) is 3.31. The molecule has 1 aliphatic rings. The van der Waals surface area contributed by atoms with Crippen LogP contribution in [0.5, 0.6) is 0 Å². The third-order valence-corrected chi connectivity index (χ3v) is 4.46. The molecule has 4 heteroatoms. The van der Waals surface area contributed by atoms with Gasteiger partial charge < -0.3 is 0 Å². The smallest absolute Gasteiger partial charge is 0.225 e. The number of halogens is 1. The average molecular weight is 284 g/mol. The van der Waals surface area contributed by atoms with Gasteiger partial charge in [-0.1, -0.05) is 40.5 Å². The molecular formula is C15H26ClN3. The number of hydrogen-bond donors (Lipinski definition) is 0. The summed E-state index contributed by atoms with van der Waals surface area (Å²) in [6, 6.07) is 0.491. The molecular weight excluding hydrogens is 258 g/mol. The number of aromatic nitrogens is 3. The lowest BCUT2D eigenvalue weighted by Gasteiger charge is -2.32. The quantitative estimate of drug-likeness (QED) is 0.801. The Morgan fingerprint density at radius 1 is 1.16 bits per heavy atom. The van der Waals surface area contributed by atoms with Crippen LogP contribution in [0, 0.1) is 5.92 Å². The summed E-state index contributed by atoms with van der Waals surface area (Å²) >= 11 is 6.27. The molecule has 0 N–H and O–H groups in total. The summed E-state index contributed by atoms with van der Waals surface area (Å²) in [5, 5.41) is 8.95. The van der Waals surface area contributed by atoms with Crippen LogP contribution in [0.2, 0.25) is 5.28 Å². The molecule has 1 aliphatic carbocycles. The van der Waals surface area contributed by atoms with Crippen molar-refractivity contribution < 1.29 is 0 Å². The van der Waals surface area contributed by atoms with E-state index in [-0.39, 0.29) is 5.41 Å². The van der Waals surface area contributed by atoms with Gasteiger partial charge in [-0.2, -0.15) is 0 Å². The van der Waals surface area contributed by atoms with Crippen LogP contribution in [0.15, 0.2) is 0 Å². The molecule has 0 radical (unpaired) electrons. The normalized spacial score (nSPS) is 24.7. The molecule has 1 aromatic rings. The minimum Gasteiger partial charge on any atom is -0.298 e. The highest BCUT2D eigenvalue weighted by atomic mass is 35.5. The first-order chi connectivity index (χ1) is 8.93. The second-order valence-corrected chi connectivity index (χ2v) is 7.21. The first-order valence-corrected chi connectivity index (χ1v) is 7.92. The Labute approximate surface area is 121 Å². The standard InChI is InChI=1S/C15H26ClN3/c1-5-6-11-7-9-12(10-8-11)19-13(15(2,3)4)17-18-14(19)16/h11-12H,5-10H2,1-4H3. The van der Waals surface area contributed by atoms with E-state index in [1.54, 1.807) is 0 Å². The van der Waals surface area contributed by atoms with Crippen molar-refractivity contribution in [1.82, 2.24) is 14.8 Å². The Morgan fingerprint density at radius 3 is 2.32 bits per heavy atom. The fourth-order valence-electron chi connectivity index (χ4n) is 3.21. The first-order valence-electron chi connectivity index (χ1n) is 7.54. The van der Waals surface area contributed by atoms with Crippen molar-refractivity contribution in [2.45, 2.75) is 77.7 Å². The highest BCUT2D eigenvalue weighted by molar-refractivity contribution is 6.28. The van der Waals surface area contributed by atoms with Gasteiger partial charge in [-0.3, -0.25) is 4.57 Å². The largest absolute Gasteiger partial charge is 0.298 e. The minimum absolute atomic E-state index is 0.000404. The molecule has 0 unspecified atom stereocenters. The summed E-state index contributed by atoms with van der Waals surface area (Å²) in [7, 11) is 0. The molecule has 0 aromatic carbocycles. The van der Waals surface area contributed by atoms with E-state index < -0.39 is 0 Å². The van der Waals surface area contributed by atoms with Crippen molar-refractivity contribution in [3.8, 4) is 0 Å². The molecule has 0 spiro atoms. The van der Waals surface area contributed by atoms with Crippen LogP contribution in [0.1, 0.15) is 78.1 Å². The molecule has 0 saturated heterocycles. The Balaban J connectivity index is 2.13. The second kappa shape index (κ2) is 5.82. The van der Waals surface area contributed by atoms with E-state index >= 15 is 0 Å². The molecule has 2 rings (SSSR count). The van der Waals surface area contributed by atoms with E-state index in [1.165, 1.54) is 38.5 Å². The summed E-state index contributed by atoms with van der Waals surface area (Å²) in [5.41, 5.74) is 0.000404. The number of rotatable bonds is 3. The number of hydrogen-bond acceptors (Lipinski definition) is 2. The van der Waals surface area contributed by atoms with E-state index in [9.17, 15) is 0 Å².